The van der Waals surface area contributed by atoms with Crippen LogP contribution in [0.2, 0.25) is 0 Å². The predicted octanol–water partition coefficient (Wildman–Crippen LogP) is 4.36. The van der Waals surface area contributed by atoms with Gasteiger partial charge in [-0.3, -0.25) is 4.79 Å². The number of halogens is 1. The van der Waals surface area contributed by atoms with Crippen LogP contribution in [-0.2, 0) is 16.0 Å². The highest BCUT2D eigenvalue weighted by molar-refractivity contribution is 5.80. The Hall–Kier alpha value is -2.24. The van der Waals surface area contributed by atoms with Crippen molar-refractivity contribution >= 4 is 5.91 Å². The van der Waals surface area contributed by atoms with Gasteiger partial charge in [0.25, 0.3) is 0 Å². The first-order chi connectivity index (χ1) is 15.1. The molecule has 5 heteroatoms. The normalized spacial score (nSPS) is 25.2. The standard InChI is InChI=1S/C26H33FN2O2/c1-19(22-7-3-2-4-8-22)28-25-18-31-15-13-24(25)26(30)29-14-5-6-21(17-29)16-20-9-11-23(27)12-10-20/h2-4,7-12,19,21,24-25,28H,5-6,13-18H2,1H3/t19-,21+,24-,25-/m1/s1. The first-order valence-corrected chi connectivity index (χ1v) is 11.5. The van der Waals surface area contributed by atoms with Crippen molar-refractivity contribution in [2.75, 3.05) is 26.3 Å². The topological polar surface area (TPSA) is 41.6 Å². The summed E-state index contributed by atoms with van der Waals surface area (Å²) in [6, 6.07) is 17.3. The number of rotatable bonds is 6. The molecule has 166 valence electrons. The van der Waals surface area contributed by atoms with Crippen molar-refractivity contribution in [1.82, 2.24) is 10.2 Å². The minimum Gasteiger partial charge on any atom is -0.380 e. The van der Waals surface area contributed by atoms with Gasteiger partial charge in [-0.2, -0.15) is 0 Å². The van der Waals surface area contributed by atoms with Gasteiger partial charge in [0.2, 0.25) is 5.91 Å². The lowest BCUT2D eigenvalue weighted by molar-refractivity contribution is -0.142. The zero-order chi connectivity index (χ0) is 21.6. The van der Waals surface area contributed by atoms with E-state index in [1.54, 1.807) is 0 Å². The van der Waals surface area contributed by atoms with E-state index in [0.29, 0.717) is 19.1 Å². The van der Waals surface area contributed by atoms with Gasteiger partial charge in [0.05, 0.1) is 12.5 Å². The second-order valence-corrected chi connectivity index (χ2v) is 9.00. The van der Waals surface area contributed by atoms with E-state index in [-0.39, 0.29) is 29.7 Å². The van der Waals surface area contributed by atoms with Crippen molar-refractivity contribution in [3.63, 3.8) is 0 Å². The van der Waals surface area contributed by atoms with E-state index in [4.69, 9.17) is 4.74 Å². The Kier molecular flexibility index (Phi) is 7.36. The molecule has 4 nitrogen and oxygen atoms in total. The third kappa shape index (κ3) is 5.72. The molecule has 2 aliphatic rings. The van der Waals surface area contributed by atoms with E-state index in [2.05, 4.69) is 29.3 Å². The highest BCUT2D eigenvalue weighted by atomic mass is 19.1. The number of carbonyl (C=O) groups is 1. The minimum absolute atomic E-state index is 0.0222. The van der Waals surface area contributed by atoms with E-state index < -0.39 is 0 Å². The SMILES string of the molecule is C[C@@H](N[C@@H]1COCC[C@H]1C(=O)N1CCC[C@@H](Cc2ccc(F)cc2)C1)c1ccccc1. The first-order valence-electron chi connectivity index (χ1n) is 11.5. The van der Waals surface area contributed by atoms with Gasteiger partial charge < -0.3 is 15.0 Å². The molecule has 2 aromatic rings. The molecular weight excluding hydrogens is 391 g/mol. The molecule has 4 rings (SSSR count). The number of benzene rings is 2. The van der Waals surface area contributed by atoms with Crippen molar-refractivity contribution in [2.24, 2.45) is 11.8 Å². The smallest absolute Gasteiger partial charge is 0.227 e. The van der Waals surface area contributed by atoms with Gasteiger partial charge >= 0.3 is 0 Å². The summed E-state index contributed by atoms with van der Waals surface area (Å²) in [7, 11) is 0. The Labute approximate surface area is 184 Å². The molecule has 0 bridgehead atoms. The molecular formula is C26H33FN2O2. The summed E-state index contributed by atoms with van der Waals surface area (Å²) in [4.78, 5) is 15.6. The van der Waals surface area contributed by atoms with E-state index in [9.17, 15) is 9.18 Å². The van der Waals surface area contributed by atoms with Crippen molar-refractivity contribution < 1.29 is 13.9 Å². The van der Waals surface area contributed by atoms with E-state index >= 15 is 0 Å². The third-order valence-corrected chi connectivity index (χ3v) is 6.71. The summed E-state index contributed by atoms with van der Waals surface area (Å²) in [5.74, 6) is 0.430. The fourth-order valence-electron chi connectivity index (χ4n) is 4.98. The van der Waals surface area contributed by atoms with Gasteiger partial charge in [-0.05, 0) is 61.8 Å². The summed E-state index contributed by atoms with van der Waals surface area (Å²) >= 11 is 0. The lowest BCUT2D eigenvalue weighted by Gasteiger charge is -2.39. The molecule has 4 atom stereocenters. The molecule has 0 spiro atoms. The maximum absolute atomic E-state index is 13.5. The Morgan fingerprint density at radius 1 is 1.16 bits per heavy atom. The Morgan fingerprint density at radius 2 is 1.94 bits per heavy atom. The number of hydrogen-bond donors (Lipinski definition) is 1. The highest BCUT2D eigenvalue weighted by Gasteiger charge is 2.36. The average molecular weight is 425 g/mol. The van der Waals surface area contributed by atoms with Crippen LogP contribution in [0.4, 0.5) is 4.39 Å². The number of piperidine rings is 1. The molecule has 0 aromatic heterocycles. The highest BCUT2D eigenvalue weighted by Crippen LogP contribution is 2.26. The van der Waals surface area contributed by atoms with E-state index in [1.807, 2.05) is 30.3 Å². The monoisotopic (exact) mass is 424 g/mol. The van der Waals surface area contributed by atoms with Crippen molar-refractivity contribution in [2.45, 2.75) is 44.7 Å². The number of amides is 1. The van der Waals surface area contributed by atoms with Gasteiger partial charge in [-0.1, -0.05) is 42.5 Å². The molecule has 2 heterocycles. The lowest BCUT2D eigenvalue weighted by atomic mass is 9.88. The maximum Gasteiger partial charge on any atom is 0.227 e. The molecule has 2 aromatic carbocycles. The number of carbonyl (C=O) groups excluding carboxylic acids is 1. The van der Waals surface area contributed by atoms with Gasteiger partial charge in [0, 0.05) is 31.8 Å². The molecule has 0 saturated carbocycles. The molecule has 0 unspecified atom stereocenters. The van der Waals surface area contributed by atoms with Crippen LogP contribution in [0.1, 0.15) is 43.4 Å². The number of nitrogens with zero attached hydrogens (tertiary/aromatic N) is 1. The second-order valence-electron chi connectivity index (χ2n) is 9.00. The average Bonchev–Trinajstić information content (AvgIpc) is 2.81. The summed E-state index contributed by atoms with van der Waals surface area (Å²) in [6.07, 6.45) is 3.79. The van der Waals surface area contributed by atoms with Crippen molar-refractivity contribution in [3.8, 4) is 0 Å². The number of nitrogens with one attached hydrogen (secondary N) is 1. The zero-order valence-electron chi connectivity index (χ0n) is 18.3. The van der Waals surface area contributed by atoms with Gasteiger partial charge in [0.1, 0.15) is 5.82 Å². The summed E-state index contributed by atoms with van der Waals surface area (Å²) < 4.78 is 18.9. The summed E-state index contributed by atoms with van der Waals surface area (Å²) in [5.41, 5.74) is 2.36. The van der Waals surface area contributed by atoms with Crippen LogP contribution in [0, 0.1) is 17.7 Å². The number of ether oxygens (including phenoxy) is 1. The molecule has 2 aliphatic heterocycles. The van der Waals surface area contributed by atoms with Crippen LogP contribution in [0.3, 0.4) is 0 Å². The van der Waals surface area contributed by atoms with E-state index in [0.717, 1.165) is 44.3 Å². The van der Waals surface area contributed by atoms with Crippen molar-refractivity contribution in [3.05, 3.63) is 71.5 Å². The van der Waals surface area contributed by atoms with Gasteiger partial charge in [0.15, 0.2) is 0 Å². The molecule has 2 saturated heterocycles. The minimum atomic E-state index is -0.202. The van der Waals surface area contributed by atoms with E-state index in [1.165, 1.54) is 17.7 Å². The quantitative estimate of drug-likeness (QED) is 0.749. The molecule has 2 fully saturated rings. The van der Waals surface area contributed by atoms with Crippen LogP contribution >= 0.6 is 0 Å². The summed E-state index contributed by atoms with van der Waals surface area (Å²) in [5, 5.41) is 3.65. The van der Waals surface area contributed by atoms with Crippen LogP contribution in [0.15, 0.2) is 54.6 Å². The van der Waals surface area contributed by atoms with Gasteiger partial charge in [-0.15, -0.1) is 0 Å². The Morgan fingerprint density at radius 3 is 2.71 bits per heavy atom. The van der Waals surface area contributed by atoms with Crippen LogP contribution in [0.5, 0.6) is 0 Å². The van der Waals surface area contributed by atoms with Crippen LogP contribution in [0.25, 0.3) is 0 Å². The molecule has 1 N–H and O–H groups in total. The molecule has 1 amide bonds. The van der Waals surface area contributed by atoms with Crippen molar-refractivity contribution in [1.29, 1.82) is 0 Å². The Balaban J connectivity index is 1.38. The maximum atomic E-state index is 13.5. The molecule has 31 heavy (non-hydrogen) atoms. The second kappa shape index (κ2) is 10.4. The fourth-order valence-corrected chi connectivity index (χ4v) is 4.98. The largest absolute Gasteiger partial charge is 0.380 e. The zero-order valence-corrected chi connectivity index (χ0v) is 18.3. The summed E-state index contributed by atoms with van der Waals surface area (Å²) in [6.45, 7) is 4.97. The lowest BCUT2D eigenvalue weighted by Crippen LogP contribution is -2.53. The van der Waals surface area contributed by atoms with Crippen LogP contribution < -0.4 is 5.32 Å². The number of likely N-dealkylation sites (tertiary alicyclic amines) is 1. The first kappa shape index (κ1) is 22.0. The van der Waals surface area contributed by atoms with Crippen LogP contribution in [-0.4, -0.2) is 43.2 Å². The molecule has 0 radical (unpaired) electrons. The predicted molar refractivity (Wildman–Crippen MR) is 120 cm³/mol. The fraction of sp³-hybridized carbons (Fsp3) is 0.500. The molecule has 0 aliphatic carbocycles. The Bertz CT molecular complexity index is 842. The third-order valence-electron chi connectivity index (χ3n) is 6.71. The number of hydrogen-bond acceptors (Lipinski definition) is 3. The van der Waals surface area contributed by atoms with Gasteiger partial charge in [-0.25, -0.2) is 4.39 Å².